The molecular weight excluding hydrogens is 296 g/mol. The van der Waals surface area contributed by atoms with Crippen molar-refractivity contribution < 1.29 is 0 Å². The van der Waals surface area contributed by atoms with E-state index in [-0.39, 0.29) is 0 Å². The molecule has 0 atom stereocenters. The Hall–Kier alpha value is -1.52. The third kappa shape index (κ3) is 2.14. The molecule has 0 saturated heterocycles. The molecule has 1 aliphatic rings. The van der Waals surface area contributed by atoms with Crippen molar-refractivity contribution in [1.29, 1.82) is 0 Å². The van der Waals surface area contributed by atoms with Crippen molar-refractivity contribution in [3.05, 3.63) is 56.7 Å². The van der Waals surface area contributed by atoms with Crippen LogP contribution in [-0.4, -0.2) is 9.36 Å². The highest BCUT2D eigenvalue weighted by molar-refractivity contribution is 7.14. The first-order valence-electron chi connectivity index (χ1n) is 7.19. The molecule has 0 N–H and O–H groups in total. The fourth-order valence-electron chi connectivity index (χ4n) is 3.11. The summed E-state index contributed by atoms with van der Waals surface area (Å²) in [5, 5.41) is 0. The molecule has 1 aliphatic carbocycles. The second kappa shape index (κ2) is 5.04. The van der Waals surface area contributed by atoms with Gasteiger partial charge in [-0.2, -0.15) is 0 Å². The van der Waals surface area contributed by atoms with Crippen molar-refractivity contribution in [1.82, 2.24) is 9.36 Å². The lowest BCUT2D eigenvalue weighted by molar-refractivity contribution is 0.942. The van der Waals surface area contributed by atoms with Gasteiger partial charge < -0.3 is 0 Å². The van der Waals surface area contributed by atoms with Crippen LogP contribution < -0.4 is 0 Å². The fourth-order valence-corrected chi connectivity index (χ4v) is 5.32. The topological polar surface area (TPSA) is 25.8 Å². The zero-order valence-corrected chi connectivity index (χ0v) is 13.8. The van der Waals surface area contributed by atoms with Gasteiger partial charge in [-0.15, -0.1) is 11.3 Å². The van der Waals surface area contributed by atoms with Crippen molar-refractivity contribution in [3.8, 4) is 10.4 Å². The summed E-state index contributed by atoms with van der Waals surface area (Å²) in [5.41, 5.74) is 6.92. The largest absolute Gasteiger partial charge is 0.261 e. The number of aryl methyl sites for hydroxylation is 3. The van der Waals surface area contributed by atoms with Gasteiger partial charge in [0.15, 0.2) is 0 Å². The molecule has 0 aliphatic heterocycles. The monoisotopic (exact) mass is 312 g/mol. The van der Waals surface area contributed by atoms with E-state index in [2.05, 4.69) is 35.5 Å². The third-order valence-corrected chi connectivity index (χ3v) is 6.27. The van der Waals surface area contributed by atoms with Gasteiger partial charge in [0.2, 0.25) is 0 Å². The average molecular weight is 312 g/mol. The lowest BCUT2D eigenvalue weighted by Crippen LogP contribution is -2.01. The van der Waals surface area contributed by atoms with E-state index in [4.69, 9.17) is 0 Å². The molecule has 0 saturated carbocycles. The van der Waals surface area contributed by atoms with Gasteiger partial charge in [0.25, 0.3) is 0 Å². The molecule has 21 heavy (non-hydrogen) atoms. The van der Waals surface area contributed by atoms with Crippen LogP contribution in [0.2, 0.25) is 0 Å². The Bertz CT molecular complexity index is 814. The number of aromatic nitrogens is 2. The van der Waals surface area contributed by atoms with Crippen molar-refractivity contribution in [2.24, 2.45) is 0 Å². The number of pyridine rings is 1. The summed E-state index contributed by atoms with van der Waals surface area (Å²) >= 11 is 3.60. The molecule has 0 bridgehead atoms. The van der Waals surface area contributed by atoms with Gasteiger partial charge >= 0.3 is 0 Å². The molecule has 0 spiro atoms. The second-order valence-electron chi connectivity index (χ2n) is 5.54. The molecule has 4 rings (SSSR count). The summed E-state index contributed by atoms with van der Waals surface area (Å²) in [7, 11) is 0. The Balaban J connectivity index is 1.84. The summed E-state index contributed by atoms with van der Waals surface area (Å²) in [6.07, 6.45) is 7.21. The quantitative estimate of drug-likeness (QED) is 0.692. The molecule has 3 heterocycles. The lowest BCUT2D eigenvalue weighted by atomic mass is 9.91. The Labute approximate surface area is 132 Å². The summed E-state index contributed by atoms with van der Waals surface area (Å²) < 4.78 is 4.41. The molecule has 0 unspecified atom stereocenters. The highest BCUT2D eigenvalue weighted by Gasteiger charge is 2.25. The number of hydrogen-bond acceptors (Lipinski definition) is 4. The van der Waals surface area contributed by atoms with Gasteiger partial charge in [0, 0.05) is 39.8 Å². The minimum absolute atomic E-state index is 0.984. The van der Waals surface area contributed by atoms with Crippen LogP contribution in [0, 0.1) is 13.8 Å². The average Bonchev–Trinajstić information content (AvgIpc) is 3.06. The Kier molecular flexibility index (Phi) is 3.16. The van der Waals surface area contributed by atoms with Crippen molar-refractivity contribution >= 4 is 22.9 Å². The van der Waals surface area contributed by atoms with Gasteiger partial charge in [-0.05, 0) is 61.0 Å². The maximum Gasteiger partial charge on any atom is 0.0596 e. The highest BCUT2D eigenvalue weighted by atomic mass is 32.1. The van der Waals surface area contributed by atoms with E-state index in [9.17, 15) is 0 Å². The van der Waals surface area contributed by atoms with Crippen LogP contribution in [0.25, 0.3) is 10.4 Å². The minimum atomic E-state index is 0.984. The first-order chi connectivity index (χ1) is 10.2. The first-order valence-corrected chi connectivity index (χ1v) is 8.78. The maximum absolute atomic E-state index is 4.42. The maximum atomic E-state index is 4.42. The van der Waals surface area contributed by atoms with Gasteiger partial charge in [-0.3, -0.25) is 4.98 Å². The van der Waals surface area contributed by atoms with E-state index in [1.54, 1.807) is 17.1 Å². The van der Waals surface area contributed by atoms with Crippen LogP contribution in [0.4, 0.5) is 0 Å². The van der Waals surface area contributed by atoms with E-state index >= 15 is 0 Å². The highest BCUT2D eigenvalue weighted by Crippen LogP contribution is 2.44. The predicted octanol–water partition coefficient (Wildman–Crippen LogP) is 4.57. The van der Waals surface area contributed by atoms with Crippen molar-refractivity contribution in [2.75, 3.05) is 0 Å². The van der Waals surface area contributed by atoms with Gasteiger partial charge in [-0.25, -0.2) is 4.37 Å². The summed E-state index contributed by atoms with van der Waals surface area (Å²) in [4.78, 5) is 8.77. The predicted molar refractivity (Wildman–Crippen MR) is 89.4 cm³/mol. The van der Waals surface area contributed by atoms with Crippen LogP contribution in [-0.2, 0) is 19.3 Å². The van der Waals surface area contributed by atoms with Crippen LogP contribution in [0.1, 0.15) is 32.1 Å². The van der Waals surface area contributed by atoms with E-state index < -0.39 is 0 Å². The number of thiophene rings is 1. The van der Waals surface area contributed by atoms with Gasteiger partial charge in [0.05, 0.1) is 4.88 Å². The van der Waals surface area contributed by atoms with Crippen LogP contribution in [0.3, 0.4) is 0 Å². The van der Waals surface area contributed by atoms with E-state index in [0.717, 1.165) is 25.0 Å². The van der Waals surface area contributed by atoms with E-state index in [1.165, 1.54) is 31.3 Å². The summed E-state index contributed by atoms with van der Waals surface area (Å²) in [6.45, 7) is 4.36. The molecular formula is C17H16N2S2. The van der Waals surface area contributed by atoms with Crippen LogP contribution in [0.5, 0.6) is 0 Å². The lowest BCUT2D eigenvalue weighted by Gasteiger charge is -2.14. The number of hydrogen-bond donors (Lipinski definition) is 0. The normalized spacial score (nSPS) is 13.0. The van der Waals surface area contributed by atoms with Crippen molar-refractivity contribution in [3.63, 3.8) is 0 Å². The molecule has 3 aromatic rings. The Morgan fingerprint density at radius 1 is 1.24 bits per heavy atom. The van der Waals surface area contributed by atoms with Crippen LogP contribution in [0.15, 0.2) is 24.5 Å². The van der Waals surface area contributed by atoms with E-state index in [0.29, 0.717) is 0 Å². The Morgan fingerprint density at radius 2 is 2.14 bits per heavy atom. The standard InChI is InChI=1S/C17H16N2S2/c1-10-12(4-3-7-18-10)8-15-16-14(11(2)20-15)6-5-13-9-19-21-17(13)16/h3-4,7,9H,5-6,8H2,1-2H3. The summed E-state index contributed by atoms with van der Waals surface area (Å²) in [6, 6.07) is 4.23. The molecule has 0 aromatic carbocycles. The minimum Gasteiger partial charge on any atom is -0.261 e. The van der Waals surface area contributed by atoms with Gasteiger partial charge in [0.1, 0.15) is 0 Å². The Morgan fingerprint density at radius 3 is 3.00 bits per heavy atom. The van der Waals surface area contributed by atoms with Gasteiger partial charge in [-0.1, -0.05) is 6.07 Å². The molecule has 2 nitrogen and oxygen atoms in total. The molecule has 0 amide bonds. The van der Waals surface area contributed by atoms with Crippen LogP contribution >= 0.6 is 22.9 Å². The summed E-state index contributed by atoms with van der Waals surface area (Å²) in [5.74, 6) is 0. The molecule has 0 radical (unpaired) electrons. The second-order valence-corrected chi connectivity index (χ2v) is 7.65. The SMILES string of the molecule is Cc1ncccc1Cc1sc(C)c2c1-c1sncc1CC2. The zero-order chi connectivity index (χ0) is 14.4. The molecule has 3 aromatic heterocycles. The smallest absolute Gasteiger partial charge is 0.0596 e. The molecule has 106 valence electrons. The fraction of sp³-hybridized carbons (Fsp3) is 0.294. The molecule has 0 fully saturated rings. The van der Waals surface area contributed by atoms with Crippen molar-refractivity contribution in [2.45, 2.75) is 33.1 Å². The first kappa shape index (κ1) is 13.2. The molecule has 4 heteroatoms. The zero-order valence-electron chi connectivity index (χ0n) is 12.1. The third-order valence-electron chi connectivity index (χ3n) is 4.26. The number of rotatable bonds is 2. The number of fused-ring (bicyclic) bond motifs is 3. The number of nitrogens with zero attached hydrogens (tertiary/aromatic N) is 2. The van der Waals surface area contributed by atoms with E-state index in [1.807, 2.05) is 23.6 Å².